The Morgan fingerprint density at radius 1 is 1.30 bits per heavy atom. The van der Waals surface area contributed by atoms with E-state index in [1.54, 1.807) is 0 Å². The smallest absolute Gasteiger partial charge is 0.416 e. The number of carbonyl (C=O) groups excluding carboxylic acids is 1. The third-order valence-electron chi connectivity index (χ3n) is 2.77. The lowest BCUT2D eigenvalue weighted by Crippen LogP contribution is -2.30. The van der Waals surface area contributed by atoms with Crippen molar-refractivity contribution in [3.8, 4) is 5.75 Å². The van der Waals surface area contributed by atoms with Crippen LogP contribution in [0, 0.1) is 5.92 Å². The van der Waals surface area contributed by atoms with Crippen molar-refractivity contribution in [2.24, 2.45) is 5.92 Å². The van der Waals surface area contributed by atoms with Gasteiger partial charge in [-0.2, -0.15) is 13.2 Å². The zero-order chi connectivity index (χ0) is 17.3. The summed E-state index contributed by atoms with van der Waals surface area (Å²) in [5, 5.41) is 2.62. The number of halogens is 3. The molecule has 1 amide bonds. The van der Waals surface area contributed by atoms with Gasteiger partial charge in [-0.05, 0) is 30.5 Å². The summed E-state index contributed by atoms with van der Waals surface area (Å²) in [5.74, 6) is 0.0898. The molecule has 4 nitrogen and oxygen atoms in total. The first-order valence-corrected chi connectivity index (χ1v) is 7.43. The van der Waals surface area contributed by atoms with Crippen LogP contribution in [0.5, 0.6) is 5.75 Å². The van der Waals surface area contributed by atoms with Gasteiger partial charge in [0.25, 0.3) is 5.91 Å². The molecule has 1 rings (SSSR count). The van der Waals surface area contributed by atoms with E-state index in [0.29, 0.717) is 32.1 Å². The molecule has 0 bridgehead atoms. The second kappa shape index (κ2) is 9.39. The van der Waals surface area contributed by atoms with E-state index in [0.717, 1.165) is 12.1 Å². The van der Waals surface area contributed by atoms with E-state index in [-0.39, 0.29) is 18.3 Å². The lowest BCUT2D eigenvalue weighted by atomic mass is 10.2. The van der Waals surface area contributed by atoms with Crippen molar-refractivity contribution in [2.75, 3.05) is 26.4 Å². The van der Waals surface area contributed by atoms with E-state index in [2.05, 4.69) is 5.32 Å². The second-order valence-corrected chi connectivity index (χ2v) is 5.49. The van der Waals surface area contributed by atoms with Gasteiger partial charge in [-0.15, -0.1) is 0 Å². The van der Waals surface area contributed by atoms with Crippen LogP contribution in [-0.4, -0.2) is 32.3 Å². The molecule has 1 aromatic carbocycles. The summed E-state index contributed by atoms with van der Waals surface area (Å²) in [6.45, 7) is 5.43. The van der Waals surface area contributed by atoms with Crippen molar-refractivity contribution in [1.29, 1.82) is 0 Å². The molecular weight excluding hydrogens is 311 g/mol. The Labute approximate surface area is 134 Å². The van der Waals surface area contributed by atoms with Crippen LogP contribution < -0.4 is 10.1 Å². The van der Waals surface area contributed by atoms with E-state index >= 15 is 0 Å². The van der Waals surface area contributed by atoms with Crippen LogP contribution in [0.4, 0.5) is 13.2 Å². The first kappa shape index (κ1) is 19.3. The summed E-state index contributed by atoms with van der Waals surface area (Å²) in [7, 11) is 0. The Morgan fingerprint density at radius 2 is 2.04 bits per heavy atom. The van der Waals surface area contributed by atoms with Gasteiger partial charge in [-0.25, -0.2) is 0 Å². The molecular formula is C16H22F3NO3. The first-order valence-electron chi connectivity index (χ1n) is 7.43. The fraction of sp³-hybridized carbons (Fsp3) is 0.562. The fourth-order valence-electron chi connectivity index (χ4n) is 1.68. The third kappa shape index (κ3) is 8.44. The van der Waals surface area contributed by atoms with Gasteiger partial charge in [0.2, 0.25) is 0 Å². The van der Waals surface area contributed by atoms with Crippen LogP contribution >= 0.6 is 0 Å². The maximum absolute atomic E-state index is 12.5. The molecule has 0 aliphatic rings. The molecule has 0 atom stereocenters. The average Bonchev–Trinajstić information content (AvgIpc) is 2.48. The monoisotopic (exact) mass is 333 g/mol. The highest BCUT2D eigenvalue weighted by atomic mass is 19.4. The lowest BCUT2D eigenvalue weighted by molar-refractivity contribution is -0.137. The average molecular weight is 333 g/mol. The Bertz CT molecular complexity index is 490. The molecule has 0 aromatic heterocycles. The van der Waals surface area contributed by atoms with Crippen molar-refractivity contribution in [3.05, 3.63) is 29.8 Å². The number of rotatable bonds is 9. The minimum absolute atomic E-state index is 0.00948. The van der Waals surface area contributed by atoms with Gasteiger partial charge in [-0.1, -0.05) is 19.9 Å². The molecule has 0 saturated heterocycles. The molecule has 1 N–H and O–H groups in total. The van der Waals surface area contributed by atoms with E-state index < -0.39 is 11.7 Å². The van der Waals surface area contributed by atoms with Crippen LogP contribution in [0.1, 0.15) is 25.8 Å². The highest BCUT2D eigenvalue weighted by Gasteiger charge is 2.30. The molecule has 0 fully saturated rings. The lowest BCUT2D eigenvalue weighted by Gasteiger charge is -2.10. The molecule has 130 valence electrons. The largest absolute Gasteiger partial charge is 0.484 e. The quantitative estimate of drug-likeness (QED) is 0.706. The van der Waals surface area contributed by atoms with Crippen LogP contribution in [0.2, 0.25) is 0 Å². The second-order valence-electron chi connectivity index (χ2n) is 5.49. The standard InChI is InChI=1S/C16H22F3NO3/c1-12(2)10-22-8-4-7-20-15(21)11-23-14-6-3-5-13(9-14)16(17,18)19/h3,5-6,9,12H,4,7-8,10-11H2,1-2H3,(H,20,21). The summed E-state index contributed by atoms with van der Waals surface area (Å²) >= 11 is 0. The Balaban J connectivity index is 2.23. The normalized spacial score (nSPS) is 11.6. The van der Waals surface area contributed by atoms with Crippen LogP contribution in [0.3, 0.4) is 0 Å². The number of amides is 1. The van der Waals surface area contributed by atoms with E-state index in [1.807, 2.05) is 13.8 Å². The van der Waals surface area contributed by atoms with Gasteiger partial charge in [0.15, 0.2) is 6.61 Å². The molecule has 23 heavy (non-hydrogen) atoms. The highest BCUT2D eigenvalue weighted by Crippen LogP contribution is 2.31. The third-order valence-corrected chi connectivity index (χ3v) is 2.77. The molecule has 0 radical (unpaired) electrons. The van der Waals surface area contributed by atoms with Crippen molar-refractivity contribution in [2.45, 2.75) is 26.4 Å². The number of nitrogens with one attached hydrogen (secondary N) is 1. The summed E-state index contributed by atoms with van der Waals surface area (Å²) < 4.78 is 48.0. The van der Waals surface area contributed by atoms with Gasteiger partial charge < -0.3 is 14.8 Å². The molecule has 0 unspecified atom stereocenters. The van der Waals surface area contributed by atoms with Gasteiger partial charge in [0.1, 0.15) is 5.75 Å². The summed E-state index contributed by atoms with van der Waals surface area (Å²) in [4.78, 5) is 11.5. The van der Waals surface area contributed by atoms with E-state index in [9.17, 15) is 18.0 Å². The van der Waals surface area contributed by atoms with Gasteiger partial charge in [-0.3, -0.25) is 4.79 Å². The number of benzene rings is 1. The predicted octanol–water partition coefficient (Wildman–Crippen LogP) is 3.26. The van der Waals surface area contributed by atoms with Crippen molar-refractivity contribution < 1.29 is 27.4 Å². The summed E-state index contributed by atoms with van der Waals surface area (Å²) in [6.07, 6.45) is -3.76. The molecule has 0 heterocycles. The molecule has 0 spiro atoms. The minimum atomic E-state index is -4.43. The van der Waals surface area contributed by atoms with Crippen LogP contribution in [0.15, 0.2) is 24.3 Å². The molecule has 0 aliphatic carbocycles. The number of hydrogen-bond donors (Lipinski definition) is 1. The van der Waals surface area contributed by atoms with Gasteiger partial charge >= 0.3 is 6.18 Å². The topological polar surface area (TPSA) is 47.6 Å². The molecule has 0 aliphatic heterocycles. The summed E-state index contributed by atoms with van der Waals surface area (Å²) in [5.41, 5.74) is -0.808. The number of alkyl halides is 3. The van der Waals surface area contributed by atoms with Gasteiger partial charge in [0.05, 0.1) is 5.56 Å². The molecule has 7 heteroatoms. The minimum Gasteiger partial charge on any atom is -0.484 e. The first-order chi connectivity index (χ1) is 10.8. The maximum atomic E-state index is 12.5. The van der Waals surface area contributed by atoms with Crippen LogP contribution in [0.25, 0.3) is 0 Å². The predicted molar refractivity (Wildman–Crippen MR) is 80.2 cm³/mol. The number of hydrogen-bond acceptors (Lipinski definition) is 3. The SMILES string of the molecule is CC(C)COCCCNC(=O)COc1cccc(C(F)(F)F)c1. The maximum Gasteiger partial charge on any atom is 0.416 e. The number of carbonyl (C=O) groups is 1. The van der Waals surface area contributed by atoms with E-state index in [4.69, 9.17) is 9.47 Å². The van der Waals surface area contributed by atoms with Crippen molar-refractivity contribution >= 4 is 5.91 Å². The van der Waals surface area contributed by atoms with Gasteiger partial charge in [0, 0.05) is 19.8 Å². The summed E-state index contributed by atoms with van der Waals surface area (Å²) in [6, 6.07) is 4.43. The molecule has 1 aromatic rings. The Hall–Kier alpha value is -1.76. The Kier molecular flexibility index (Phi) is 7.88. The van der Waals surface area contributed by atoms with E-state index in [1.165, 1.54) is 12.1 Å². The fourth-order valence-corrected chi connectivity index (χ4v) is 1.68. The zero-order valence-electron chi connectivity index (χ0n) is 13.3. The van der Waals surface area contributed by atoms with Crippen LogP contribution in [-0.2, 0) is 15.7 Å². The number of ether oxygens (including phenoxy) is 2. The zero-order valence-corrected chi connectivity index (χ0v) is 13.3. The molecule has 0 saturated carbocycles. The van der Waals surface area contributed by atoms with Crippen molar-refractivity contribution in [3.63, 3.8) is 0 Å². The Morgan fingerprint density at radius 3 is 2.70 bits per heavy atom. The highest BCUT2D eigenvalue weighted by molar-refractivity contribution is 5.77. The van der Waals surface area contributed by atoms with Crippen molar-refractivity contribution in [1.82, 2.24) is 5.32 Å².